The summed E-state index contributed by atoms with van der Waals surface area (Å²) in [5, 5.41) is 2.86. The number of benzene rings is 3. The maximum absolute atomic E-state index is 12.7. The number of amides is 1. The zero-order valence-corrected chi connectivity index (χ0v) is 16.4. The molecule has 0 radical (unpaired) electrons. The van der Waals surface area contributed by atoms with E-state index >= 15 is 0 Å². The van der Waals surface area contributed by atoms with Crippen LogP contribution in [0.5, 0.6) is 5.75 Å². The monoisotopic (exact) mass is 389 g/mol. The van der Waals surface area contributed by atoms with Crippen molar-refractivity contribution in [2.45, 2.75) is 20.0 Å². The Kier molecular flexibility index (Phi) is 6.63. The highest BCUT2D eigenvalue weighted by Gasteiger charge is 2.22. The molecule has 3 rings (SSSR count). The quantitative estimate of drug-likeness (QED) is 0.582. The van der Waals surface area contributed by atoms with Crippen molar-refractivity contribution in [1.82, 2.24) is 0 Å². The van der Waals surface area contributed by atoms with E-state index in [1.54, 1.807) is 31.2 Å². The van der Waals surface area contributed by atoms with Gasteiger partial charge in [0.1, 0.15) is 11.3 Å². The highest BCUT2D eigenvalue weighted by molar-refractivity contribution is 6.00. The second-order valence-corrected chi connectivity index (χ2v) is 6.38. The molecule has 0 aliphatic carbocycles. The smallest absolute Gasteiger partial charge is 0.342 e. The fraction of sp³-hybridized carbons (Fsp3) is 0.167. The van der Waals surface area contributed by atoms with Gasteiger partial charge in [0.05, 0.1) is 6.61 Å². The molecule has 0 unspecified atom stereocenters. The van der Waals surface area contributed by atoms with Crippen molar-refractivity contribution in [2.24, 2.45) is 0 Å². The number of esters is 1. The van der Waals surface area contributed by atoms with E-state index in [4.69, 9.17) is 9.47 Å². The Morgan fingerprint density at radius 2 is 1.55 bits per heavy atom. The molecule has 0 saturated carbocycles. The molecule has 0 spiro atoms. The number of ether oxygens (including phenoxy) is 2. The fourth-order valence-corrected chi connectivity index (χ4v) is 2.89. The minimum Gasteiger partial charge on any atom is -0.493 e. The third kappa shape index (κ3) is 5.02. The topological polar surface area (TPSA) is 64.6 Å². The summed E-state index contributed by atoms with van der Waals surface area (Å²) >= 11 is 0. The molecule has 29 heavy (non-hydrogen) atoms. The molecule has 1 amide bonds. The van der Waals surface area contributed by atoms with Crippen molar-refractivity contribution >= 4 is 17.6 Å². The van der Waals surface area contributed by atoms with Crippen molar-refractivity contribution in [3.05, 3.63) is 84.4 Å². The lowest BCUT2D eigenvalue weighted by Crippen LogP contribution is -2.30. The summed E-state index contributed by atoms with van der Waals surface area (Å²) in [5.74, 6) is -0.578. The molecule has 0 aliphatic heterocycles. The standard InChI is InChI=1S/C24H23NO4/c1-3-28-22-16-10-8-14-20(22)24(27)29-17(2)23(26)25-21-15-9-7-13-19(21)18-11-5-4-6-12-18/h4-17H,3H2,1-2H3,(H,25,26)/t17-/m1/s1. The van der Waals surface area contributed by atoms with E-state index in [1.165, 1.54) is 0 Å². The molecule has 148 valence electrons. The summed E-state index contributed by atoms with van der Waals surface area (Å²) in [6.07, 6.45) is -0.971. The number of hydrogen-bond acceptors (Lipinski definition) is 4. The lowest BCUT2D eigenvalue weighted by atomic mass is 10.0. The van der Waals surface area contributed by atoms with Crippen LogP contribution >= 0.6 is 0 Å². The van der Waals surface area contributed by atoms with Gasteiger partial charge in [-0.05, 0) is 37.6 Å². The molecular formula is C24H23NO4. The zero-order valence-electron chi connectivity index (χ0n) is 16.4. The van der Waals surface area contributed by atoms with E-state index in [9.17, 15) is 9.59 Å². The van der Waals surface area contributed by atoms with E-state index in [1.807, 2.05) is 61.5 Å². The Bertz CT molecular complexity index is 985. The van der Waals surface area contributed by atoms with Crippen LogP contribution in [0.15, 0.2) is 78.9 Å². The molecule has 0 heterocycles. The van der Waals surface area contributed by atoms with Crippen LogP contribution in [-0.2, 0) is 9.53 Å². The van der Waals surface area contributed by atoms with Gasteiger partial charge in [-0.15, -0.1) is 0 Å². The van der Waals surface area contributed by atoms with E-state index in [0.29, 0.717) is 23.6 Å². The fourth-order valence-electron chi connectivity index (χ4n) is 2.89. The van der Waals surface area contributed by atoms with Crippen LogP contribution < -0.4 is 10.1 Å². The second kappa shape index (κ2) is 9.55. The SMILES string of the molecule is CCOc1ccccc1C(=O)O[C@H](C)C(=O)Nc1ccccc1-c1ccccc1. The van der Waals surface area contributed by atoms with Gasteiger partial charge in [-0.1, -0.05) is 60.7 Å². The van der Waals surface area contributed by atoms with Gasteiger partial charge in [-0.3, -0.25) is 4.79 Å². The third-order valence-electron chi connectivity index (χ3n) is 4.33. The molecule has 0 bridgehead atoms. The maximum Gasteiger partial charge on any atom is 0.342 e. The zero-order chi connectivity index (χ0) is 20.6. The minimum atomic E-state index is -0.971. The van der Waals surface area contributed by atoms with E-state index in [0.717, 1.165) is 11.1 Å². The van der Waals surface area contributed by atoms with E-state index in [-0.39, 0.29) is 0 Å². The molecule has 0 aromatic heterocycles. The average molecular weight is 389 g/mol. The van der Waals surface area contributed by atoms with Crippen LogP contribution in [0, 0.1) is 0 Å². The largest absolute Gasteiger partial charge is 0.493 e. The highest BCUT2D eigenvalue weighted by Crippen LogP contribution is 2.28. The van der Waals surface area contributed by atoms with Gasteiger partial charge in [-0.25, -0.2) is 4.79 Å². The lowest BCUT2D eigenvalue weighted by molar-refractivity contribution is -0.123. The van der Waals surface area contributed by atoms with E-state index < -0.39 is 18.0 Å². The number of nitrogens with one attached hydrogen (secondary N) is 1. The lowest BCUT2D eigenvalue weighted by Gasteiger charge is -2.16. The molecule has 3 aromatic carbocycles. The number of carbonyl (C=O) groups is 2. The molecule has 5 heteroatoms. The molecule has 3 aromatic rings. The summed E-state index contributed by atoms with van der Waals surface area (Å²) in [7, 11) is 0. The molecule has 1 N–H and O–H groups in total. The minimum absolute atomic E-state index is 0.290. The molecular weight excluding hydrogens is 366 g/mol. The summed E-state index contributed by atoms with van der Waals surface area (Å²) in [6, 6.07) is 24.1. The Morgan fingerprint density at radius 1 is 0.897 bits per heavy atom. The predicted molar refractivity (Wildman–Crippen MR) is 113 cm³/mol. The van der Waals surface area contributed by atoms with Gasteiger partial charge in [0.2, 0.25) is 0 Å². The normalized spacial score (nSPS) is 11.4. The van der Waals surface area contributed by atoms with Crippen molar-refractivity contribution < 1.29 is 19.1 Å². The number of carbonyl (C=O) groups excluding carboxylic acids is 2. The van der Waals surface area contributed by atoms with Crippen molar-refractivity contribution in [2.75, 3.05) is 11.9 Å². The van der Waals surface area contributed by atoms with Gasteiger partial charge >= 0.3 is 5.97 Å². The number of para-hydroxylation sites is 2. The molecule has 0 saturated heterocycles. The summed E-state index contributed by atoms with van der Waals surface area (Å²) in [6.45, 7) is 3.81. The maximum atomic E-state index is 12.7. The summed E-state index contributed by atoms with van der Waals surface area (Å²) < 4.78 is 10.8. The van der Waals surface area contributed by atoms with Crippen LogP contribution in [0.1, 0.15) is 24.2 Å². The van der Waals surface area contributed by atoms with Crippen LogP contribution in [0.2, 0.25) is 0 Å². The number of rotatable bonds is 7. The Morgan fingerprint density at radius 3 is 2.31 bits per heavy atom. The predicted octanol–water partition coefficient (Wildman–Crippen LogP) is 4.94. The first-order valence-electron chi connectivity index (χ1n) is 9.48. The van der Waals surface area contributed by atoms with Crippen LogP contribution in [0.25, 0.3) is 11.1 Å². The first-order valence-corrected chi connectivity index (χ1v) is 9.48. The summed E-state index contributed by atoms with van der Waals surface area (Å²) in [4.78, 5) is 25.2. The van der Waals surface area contributed by atoms with Crippen molar-refractivity contribution in [3.8, 4) is 16.9 Å². The van der Waals surface area contributed by atoms with Gasteiger partial charge in [0, 0.05) is 11.3 Å². The second-order valence-electron chi connectivity index (χ2n) is 6.38. The first kappa shape index (κ1) is 20.1. The first-order chi connectivity index (χ1) is 14.1. The average Bonchev–Trinajstić information content (AvgIpc) is 2.75. The number of anilines is 1. The van der Waals surface area contributed by atoms with Crippen LogP contribution in [0.3, 0.4) is 0 Å². The van der Waals surface area contributed by atoms with Crippen molar-refractivity contribution in [1.29, 1.82) is 0 Å². The van der Waals surface area contributed by atoms with E-state index in [2.05, 4.69) is 5.32 Å². The Labute approximate surface area is 170 Å². The molecule has 0 aliphatic rings. The summed E-state index contributed by atoms with van der Waals surface area (Å²) in [5.41, 5.74) is 2.82. The third-order valence-corrected chi connectivity index (χ3v) is 4.33. The molecule has 1 atom stereocenters. The highest BCUT2D eigenvalue weighted by atomic mass is 16.5. The number of hydrogen-bond donors (Lipinski definition) is 1. The van der Waals surface area contributed by atoms with Gasteiger partial charge < -0.3 is 14.8 Å². The Hall–Kier alpha value is -3.60. The molecule has 0 fully saturated rings. The van der Waals surface area contributed by atoms with Crippen LogP contribution in [0.4, 0.5) is 5.69 Å². The Balaban J connectivity index is 1.72. The van der Waals surface area contributed by atoms with Gasteiger partial charge in [0.25, 0.3) is 5.91 Å². The van der Waals surface area contributed by atoms with Crippen molar-refractivity contribution in [3.63, 3.8) is 0 Å². The van der Waals surface area contributed by atoms with Gasteiger partial charge in [-0.2, -0.15) is 0 Å². The molecule has 5 nitrogen and oxygen atoms in total. The van der Waals surface area contributed by atoms with Gasteiger partial charge in [0.15, 0.2) is 6.10 Å². The van der Waals surface area contributed by atoms with Crippen LogP contribution in [-0.4, -0.2) is 24.6 Å².